The van der Waals surface area contributed by atoms with Gasteiger partial charge in [-0.25, -0.2) is 4.79 Å². The molecule has 0 rings (SSSR count). The summed E-state index contributed by atoms with van der Waals surface area (Å²) in [5.74, 6) is -0.865. The Morgan fingerprint density at radius 2 is 1.79 bits per heavy atom. The molecule has 0 atom stereocenters. The Balaban J connectivity index is 0. The van der Waals surface area contributed by atoms with Gasteiger partial charge in [0, 0.05) is 5.57 Å². The number of unbranched alkanes of at least 4 members (excludes halogenated alkanes) is 2. The van der Waals surface area contributed by atoms with Crippen molar-refractivity contribution in [2.75, 3.05) is 0 Å². The Morgan fingerprint density at radius 3 is 2.07 bits per heavy atom. The van der Waals surface area contributed by atoms with Crippen LogP contribution in [0.5, 0.6) is 0 Å². The summed E-state index contributed by atoms with van der Waals surface area (Å²) in [4.78, 5) is 10.2. The minimum Gasteiger partial charge on any atom is -0.478 e. The summed E-state index contributed by atoms with van der Waals surface area (Å²) in [6.45, 7) is 12.2. The van der Waals surface area contributed by atoms with Crippen LogP contribution in [0.25, 0.3) is 0 Å². The summed E-state index contributed by atoms with van der Waals surface area (Å²) in [5.41, 5.74) is 0.327. The number of hydrogen-bond donors (Lipinski definition) is 1. The van der Waals surface area contributed by atoms with Crippen molar-refractivity contribution in [1.82, 2.24) is 0 Å². The standard InChI is InChI=1S/C8H14O2.C4H6/c1-3-4-5-6-7(2)8(9)10;1-3-4-2/h2-6H2,1H3,(H,9,10);3-4H,1-2H2. The summed E-state index contributed by atoms with van der Waals surface area (Å²) in [5, 5.41) is 8.38. The van der Waals surface area contributed by atoms with E-state index in [-0.39, 0.29) is 0 Å². The molecule has 0 aromatic carbocycles. The summed E-state index contributed by atoms with van der Waals surface area (Å²) < 4.78 is 0. The van der Waals surface area contributed by atoms with Crippen LogP contribution < -0.4 is 0 Å². The SMILES string of the molecule is C=C(CCCCC)C(=O)O.C=CC=C. The number of hydrogen-bond acceptors (Lipinski definition) is 1. The van der Waals surface area contributed by atoms with Crippen molar-refractivity contribution in [3.8, 4) is 0 Å². The third-order valence-corrected chi connectivity index (χ3v) is 1.55. The summed E-state index contributed by atoms with van der Waals surface area (Å²) in [7, 11) is 0. The summed E-state index contributed by atoms with van der Waals surface area (Å²) >= 11 is 0. The van der Waals surface area contributed by atoms with Gasteiger partial charge in [0.25, 0.3) is 0 Å². The normalized spacial score (nSPS) is 8.07. The molecule has 0 aliphatic rings. The quantitative estimate of drug-likeness (QED) is 0.400. The predicted molar refractivity (Wildman–Crippen MR) is 61.3 cm³/mol. The molecule has 2 heteroatoms. The zero-order valence-corrected chi connectivity index (χ0v) is 8.96. The van der Waals surface area contributed by atoms with Gasteiger partial charge in [0.1, 0.15) is 0 Å². The molecule has 1 N–H and O–H groups in total. The van der Waals surface area contributed by atoms with Crippen LogP contribution in [0.4, 0.5) is 0 Å². The average Bonchev–Trinajstić information content (AvgIpc) is 2.18. The number of carbonyl (C=O) groups is 1. The maximum absolute atomic E-state index is 10.2. The molecule has 14 heavy (non-hydrogen) atoms. The van der Waals surface area contributed by atoms with E-state index in [9.17, 15) is 4.79 Å². The molecule has 0 aliphatic carbocycles. The maximum atomic E-state index is 10.2. The molecule has 0 saturated heterocycles. The number of allylic oxidation sites excluding steroid dienone is 2. The van der Waals surface area contributed by atoms with E-state index in [0.717, 1.165) is 19.3 Å². The molecular weight excluding hydrogens is 176 g/mol. The van der Waals surface area contributed by atoms with Crippen LogP contribution in [0.2, 0.25) is 0 Å². The third kappa shape index (κ3) is 13.3. The van der Waals surface area contributed by atoms with Crippen molar-refractivity contribution < 1.29 is 9.90 Å². The lowest BCUT2D eigenvalue weighted by Gasteiger charge is -1.97. The molecule has 2 nitrogen and oxygen atoms in total. The van der Waals surface area contributed by atoms with Gasteiger partial charge in [-0.05, 0) is 12.8 Å². The Kier molecular flexibility index (Phi) is 12.7. The van der Waals surface area contributed by atoms with E-state index >= 15 is 0 Å². The Labute approximate surface area is 86.6 Å². The largest absolute Gasteiger partial charge is 0.478 e. The topological polar surface area (TPSA) is 37.3 Å². The highest BCUT2D eigenvalue weighted by Gasteiger charge is 2.01. The molecule has 80 valence electrons. The van der Waals surface area contributed by atoms with E-state index in [2.05, 4.69) is 26.7 Å². The van der Waals surface area contributed by atoms with Crippen molar-refractivity contribution >= 4 is 5.97 Å². The highest BCUT2D eigenvalue weighted by Crippen LogP contribution is 2.06. The molecule has 0 bridgehead atoms. The van der Waals surface area contributed by atoms with Crippen LogP contribution in [-0.4, -0.2) is 11.1 Å². The van der Waals surface area contributed by atoms with Crippen LogP contribution in [0.15, 0.2) is 37.5 Å². The molecule has 0 amide bonds. The van der Waals surface area contributed by atoms with Crippen molar-refractivity contribution in [2.24, 2.45) is 0 Å². The van der Waals surface area contributed by atoms with Crippen LogP contribution in [0, 0.1) is 0 Å². The predicted octanol–water partition coefficient (Wildman–Crippen LogP) is 3.57. The highest BCUT2D eigenvalue weighted by molar-refractivity contribution is 5.85. The lowest BCUT2D eigenvalue weighted by Crippen LogP contribution is -1.98. The van der Waals surface area contributed by atoms with Crippen LogP contribution in [0.3, 0.4) is 0 Å². The molecule has 0 aliphatic heterocycles. The lowest BCUT2D eigenvalue weighted by molar-refractivity contribution is -0.132. The first-order chi connectivity index (χ1) is 6.59. The molecule has 0 spiro atoms. The van der Waals surface area contributed by atoms with Crippen molar-refractivity contribution in [3.63, 3.8) is 0 Å². The number of carboxylic acids is 1. The fraction of sp³-hybridized carbons (Fsp3) is 0.417. The zero-order valence-electron chi connectivity index (χ0n) is 8.96. The highest BCUT2D eigenvalue weighted by atomic mass is 16.4. The number of rotatable bonds is 6. The molecule has 0 radical (unpaired) electrons. The fourth-order valence-corrected chi connectivity index (χ4v) is 0.695. The summed E-state index contributed by atoms with van der Waals surface area (Å²) in [6.07, 6.45) is 7.06. The van der Waals surface area contributed by atoms with E-state index in [1.807, 2.05) is 0 Å². The third-order valence-electron chi connectivity index (χ3n) is 1.55. The molecule has 0 aromatic rings. The molecule has 0 unspecified atom stereocenters. The second-order valence-corrected chi connectivity index (χ2v) is 2.84. The number of carboxylic acid groups (broad SMARTS) is 1. The molecular formula is C12H20O2. The number of aliphatic carboxylic acids is 1. The fourth-order valence-electron chi connectivity index (χ4n) is 0.695. The van der Waals surface area contributed by atoms with Gasteiger partial charge in [-0.3, -0.25) is 0 Å². The first-order valence-electron chi connectivity index (χ1n) is 4.74. The van der Waals surface area contributed by atoms with Gasteiger partial charge in [0.05, 0.1) is 0 Å². The van der Waals surface area contributed by atoms with E-state index in [1.54, 1.807) is 12.2 Å². The minimum absolute atomic E-state index is 0.327. The van der Waals surface area contributed by atoms with E-state index < -0.39 is 5.97 Å². The van der Waals surface area contributed by atoms with Gasteiger partial charge in [0.15, 0.2) is 0 Å². The van der Waals surface area contributed by atoms with Gasteiger partial charge in [0.2, 0.25) is 0 Å². The van der Waals surface area contributed by atoms with Crippen LogP contribution in [-0.2, 0) is 4.79 Å². The molecule has 0 saturated carbocycles. The van der Waals surface area contributed by atoms with Gasteiger partial charge in [-0.2, -0.15) is 0 Å². The Bertz CT molecular complexity index is 186. The first-order valence-corrected chi connectivity index (χ1v) is 4.74. The second kappa shape index (κ2) is 11.7. The van der Waals surface area contributed by atoms with Gasteiger partial charge >= 0.3 is 5.97 Å². The maximum Gasteiger partial charge on any atom is 0.330 e. The monoisotopic (exact) mass is 196 g/mol. The smallest absolute Gasteiger partial charge is 0.330 e. The van der Waals surface area contributed by atoms with E-state index in [0.29, 0.717) is 12.0 Å². The zero-order chi connectivity index (χ0) is 11.4. The molecule has 0 aromatic heterocycles. The van der Waals surface area contributed by atoms with Gasteiger partial charge < -0.3 is 5.11 Å². The van der Waals surface area contributed by atoms with Crippen molar-refractivity contribution in [1.29, 1.82) is 0 Å². The minimum atomic E-state index is -0.865. The van der Waals surface area contributed by atoms with E-state index in [4.69, 9.17) is 5.11 Å². The molecule has 0 heterocycles. The van der Waals surface area contributed by atoms with Crippen LogP contribution in [0.1, 0.15) is 32.6 Å². The van der Waals surface area contributed by atoms with Crippen molar-refractivity contribution in [3.05, 3.63) is 37.5 Å². The van der Waals surface area contributed by atoms with E-state index in [1.165, 1.54) is 0 Å². The van der Waals surface area contributed by atoms with Gasteiger partial charge in [-0.15, -0.1) is 0 Å². The second-order valence-electron chi connectivity index (χ2n) is 2.84. The Hall–Kier alpha value is -1.31. The molecule has 0 fully saturated rings. The average molecular weight is 196 g/mol. The first kappa shape index (κ1) is 15.2. The summed E-state index contributed by atoms with van der Waals surface area (Å²) in [6, 6.07) is 0. The lowest BCUT2D eigenvalue weighted by atomic mass is 10.1. The van der Waals surface area contributed by atoms with Crippen LogP contribution >= 0.6 is 0 Å². The van der Waals surface area contributed by atoms with Crippen molar-refractivity contribution in [2.45, 2.75) is 32.6 Å². The Morgan fingerprint density at radius 1 is 1.29 bits per heavy atom. The van der Waals surface area contributed by atoms with Gasteiger partial charge in [-0.1, -0.05) is 51.7 Å².